The van der Waals surface area contributed by atoms with Crippen molar-refractivity contribution < 1.29 is 13.9 Å². The lowest BCUT2D eigenvalue weighted by Gasteiger charge is -2.23. The van der Waals surface area contributed by atoms with Crippen molar-refractivity contribution in [3.63, 3.8) is 0 Å². The van der Waals surface area contributed by atoms with Crippen LogP contribution < -0.4 is 5.73 Å². The second-order valence-electron chi connectivity index (χ2n) is 7.86. The summed E-state index contributed by atoms with van der Waals surface area (Å²) < 4.78 is 11.2. The van der Waals surface area contributed by atoms with Gasteiger partial charge in [-0.3, -0.25) is 4.79 Å². The number of nitrogens with zero attached hydrogens (tertiary/aromatic N) is 3. The van der Waals surface area contributed by atoms with Gasteiger partial charge in [0, 0.05) is 24.6 Å². The molecule has 3 fully saturated rings. The minimum Gasteiger partial charge on any atom is -0.407 e. The van der Waals surface area contributed by atoms with Gasteiger partial charge in [-0.15, -0.1) is 5.10 Å². The van der Waals surface area contributed by atoms with Crippen molar-refractivity contribution in [2.75, 3.05) is 32.0 Å². The number of nitrogen functional groups attached to an aromatic ring is 1. The molecule has 26 heavy (non-hydrogen) atoms. The van der Waals surface area contributed by atoms with Gasteiger partial charge < -0.3 is 19.8 Å². The molecule has 2 N–H and O–H groups in total. The van der Waals surface area contributed by atoms with Crippen LogP contribution in [0.3, 0.4) is 0 Å². The highest BCUT2D eigenvalue weighted by atomic mass is 16.5. The van der Waals surface area contributed by atoms with E-state index in [2.05, 4.69) is 22.3 Å². The first-order valence-corrected chi connectivity index (χ1v) is 9.14. The maximum atomic E-state index is 13.4. The lowest BCUT2D eigenvalue weighted by Crippen LogP contribution is -2.37. The largest absolute Gasteiger partial charge is 0.407 e. The Balaban J connectivity index is 1.47. The van der Waals surface area contributed by atoms with E-state index in [9.17, 15) is 4.79 Å². The second-order valence-corrected chi connectivity index (χ2v) is 7.86. The van der Waals surface area contributed by atoms with Gasteiger partial charge in [0.25, 0.3) is 5.91 Å². The summed E-state index contributed by atoms with van der Waals surface area (Å²) in [5, 5.41) is 7.91. The van der Waals surface area contributed by atoms with E-state index in [4.69, 9.17) is 14.9 Å². The fourth-order valence-corrected chi connectivity index (χ4v) is 4.40. The molecule has 2 aliphatic heterocycles. The van der Waals surface area contributed by atoms with Crippen LogP contribution in [0.15, 0.2) is 22.6 Å². The molecule has 1 aromatic heterocycles. The minimum atomic E-state index is -0.441. The number of aromatic nitrogens is 2. The fraction of sp³-hybridized carbons (Fsp3) is 0.526. The number of benzene rings is 1. The Bertz CT molecular complexity index is 875. The third-order valence-electron chi connectivity index (χ3n) is 5.98. The SMILES string of the molecule is Cc1ccc(C2CC2)c(C(=O)N2C[C@H]3COC[C@@]3(c3nnc(N)o3)C2)c1. The van der Waals surface area contributed by atoms with E-state index in [1.54, 1.807) is 0 Å². The fourth-order valence-electron chi connectivity index (χ4n) is 4.40. The first-order valence-electron chi connectivity index (χ1n) is 9.14. The summed E-state index contributed by atoms with van der Waals surface area (Å²) in [7, 11) is 0. The predicted molar refractivity (Wildman–Crippen MR) is 93.8 cm³/mol. The molecule has 0 bridgehead atoms. The first kappa shape index (κ1) is 15.8. The molecule has 3 heterocycles. The number of carbonyl (C=O) groups is 1. The monoisotopic (exact) mass is 354 g/mol. The van der Waals surface area contributed by atoms with Gasteiger partial charge in [-0.25, -0.2) is 0 Å². The molecule has 2 aromatic rings. The number of hydrogen-bond donors (Lipinski definition) is 1. The molecule has 7 heteroatoms. The van der Waals surface area contributed by atoms with E-state index in [0.29, 0.717) is 38.1 Å². The van der Waals surface area contributed by atoms with Crippen molar-refractivity contribution in [3.8, 4) is 0 Å². The van der Waals surface area contributed by atoms with Gasteiger partial charge in [-0.05, 0) is 37.3 Å². The summed E-state index contributed by atoms with van der Waals surface area (Å²) in [6.45, 7) is 4.26. The van der Waals surface area contributed by atoms with Crippen LogP contribution in [0, 0.1) is 12.8 Å². The second kappa shape index (κ2) is 5.54. The summed E-state index contributed by atoms with van der Waals surface area (Å²) >= 11 is 0. The van der Waals surface area contributed by atoms with E-state index in [0.717, 1.165) is 11.1 Å². The summed E-state index contributed by atoms with van der Waals surface area (Å²) in [4.78, 5) is 15.3. The Labute approximate surface area is 151 Å². The maximum Gasteiger partial charge on any atom is 0.312 e. The molecule has 2 atom stereocenters. The molecule has 1 aromatic carbocycles. The number of amides is 1. The summed E-state index contributed by atoms with van der Waals surface area (Å²) in [5.41, 5.74) is 8.32. The maximum absolute atomic E-state index is 13.4. The van der Waals surface area contributed by atoms with Gasteiger partial charge in [-0.1, -0.05) is 22.8 Å². The molecule has 2 saturated heterocycles. The average molecular weight is 354 g/mol. The van der Waals surface area contributed by atoms with E-state index < -0.39 is 5.41 Å². The number of aryl methyl sites for hydroxylation is 1. The highest BCUT2D eigenvalue weighted by Crippen LogP contribution is 2.45. The first-order chi connectivity index (χ1) is 12.6. The highest BCUT2D eigenvalue weighted by molar-refractivity contribution is 5.96. The summed E-state index contributed by atoms with van der Waals surface area (Å²) in [5.74, 6) is 1.27. The number of rotatable bonds is 3. The predicted octanol–water partition coefficient (Wildman–Crippen LogP) is 1.88. The zero-order valence-electron chi connectivity index (χ0n) is 14.8. The van der Waals surface area contributed by atoms with E-state index in [1.807, 2.05) is 17.9 Å². The van der Waals surface area contributed by atoms with Crippen LogP contribution in [-0.2, 0) is 10.2 Å². The number of likely N-dealkylation sites (tertiary alicyclic amines) is 1. The third kappa shape index (κ3) is 2.34. The van der Waals surface area contributed by atoms with Crippen molar-refractivity contribution in [1.29, 1.82) is 0 Å². The van der Waals surface area contributed by atoms with E-state index >= 15 is 0 Å². The Morgan fingerprint density at radius 2 is 2.19 bits per heavy atom. The molecule has 0 unspecified atom stereocenters. The molecular formula is C19H22N4O3. The highest BCUT2D eigenvalue weighted by Gasteiger charge is 2.56. The molecular weight excluding hydrogens is 332 g/mol. The Hall–Kier alpha value is -2.41. The smallest absolute Gasteiger partial charge is 0.312 e. The molecule has 3 aliphatic rings. The molecule has 1 aliphatic carbocycles. The van der Waals surface area contributed by atoms with E-state index in [-0.39, 0.29) is 17.8 Å². The Morgan fingerprint density at radius 3 is 2.92 bits per heavy atom. The average Bonchev–Trinajstić information content (AvgIpc) is 3.06. The van der Waals surface area contributed by atoms with Crippen molar-refractivity contribution in [2.45, 2.75) is 31.1 Å². The number of carbonyl (C=O) groups excluding carboxylic acids is 1. The number of nitrogens with two attached hydrogens (primary N) is 1. The lowest BCUT2D eigenvalue weighted by atomic mass is 9.81. The summed E-state index contributed by atoms with van der Waals surface area (Å²) in [6.07, 6.45) is 2.34. The molecule has 1 saturated carbocycles. The van der Waals surface area contributed by atoms with Crippen LogP contribution >= 0.6 is 0 Å². The standard InChI is InChI=1S/C19H22N4O3/c1-11-2-5-14(12-3-4-12)15(6-11)16(24)23-7-13-8-25-10-19(13,9-23)17-21-22-18(20)26-17/h2,5-6,12-13H,3-4,7-10H2,1H3,(H2,20,22)/t13-,19-/m0/s1. The van der Waals surface area contributed by atoms with Crippen molar-refractivity contribution in [2.24, 2.45) is 5.92 Å². The lowest BCUT2D eigenvalue weighted by molar-refractivity contribution is 0.0737. The topological polar surface area (TPSA) is 94.5 Å². The van der Waals surface area contributed by atoms with Gasteiger partial charge in [0.05, 0.1) is 18.6 Å². The normalized spacial score (nSPS) is 27.7. The molecule has 7 nitrogen and oxygen atoms in total. The molecule has 5 rings (SSSR count). The van der Waals surface area contributed by atoms with Crippen LogP contribution in [0.1, 0.15) is 46.1 Å². The molecule has 0 spiro atoms. The van der Waals surface area contributed by atoms with Crippen LogP contribution in [0.5, 0.6) is 0 Å². The molecule has 136 valence electrons. The molecule has 0 radical (unpaired) electrons. The number of hydrogen-bond acceptors (Lipinski definition) is 6. The van der Waals surface area contributed by atoms with Gasteiger partial charge in [0.2, 0.25) is 5.89 Å². The van der Waals surface area contributed by atoms with Crippen molar-refractivity contribution in [1.82, 2.24) is 15.1 Å². The van der Waals surface area contributed by atoms with Crippen LogP contribution in [0.25, 0.3) is 0 Å². The Morgan fingerprint density at radius 1 is 1.35 bits per heavy atom. The van der Waals surface area contributed by atoms with E-state index in [1.165, 1.54) is 18.4 Å². The quantitative estimate of drug-likeness (QED) is 0.904. The third-order valence-corrected chi connectivity index (χ3v) is 5.98. The van der Waals surface area contributed by atoms with Crippen LogP contribution in [0.4, 0.5) is 6.01 Å². The molecule has 1 amide bonds. The van der Waals surface area contributed by atoms with Gasteiger partial charge in [0.15, 0.2) is 0 Å². The van der Waals surface area contributed by atoms with Crippen molar-refractivity contribution >= 4 is 11.9 Å². The van der Waals surface area contributed by atoms with Crippen molar-refractivity contribution in [3.05, 3.63) is 40.8 Å². The summed E-state index contributed by atoms with van der Waals surface area (Å²) in [6, 6.07) is 6.30. The zero-order valence-corrected chi connectivity index (χ0v) is 14.8. The van der Waals surface area contributed by atoms with Gasteiger partial charge in [0.1, 0.15) is 0 Å². The number of ether oxygens (including phenoxy) is 1. The Kier molecular flexibility index (Phi) is 3.37. The van der Waals surface area contributed by atoms with Gasteiger partial charge >= 0.3 is 6.01 Å². The number of anilines is 1. The van der Waals surface area contributed by atoms with Gasteiger partial charge in [-0.2, -0.15) is 0 Å². The number of fused-ring (bicyclic) bond motifs is 1. The minimum absolute atomic E-state index is 0.0551. The van der Waals surface area contributed by atoms with Crippen LogP contribution in [0.2, 0.25) is 0 Å². The zero-order chi connectivity index (χ0) is 17.9. The van der Waals surface area contributed by atoms with Crippen LogP contribution in [-0.4, -0.2) is 47.3 Å².